The number of carbonyl (C=O) groups is 1. The Morgan fingerprint density at radius 3 is 2.76 bits per heavy atom. The summed E-state index contributed by atoms with van der Waals surface area (Å²) in [6, 6.07) is 6.20. The number of hydrogen-bond acceptors (Lipinski definition) is 4. The van der Waals surface area contributed by atoms with E-state index < -0.39 is 4.92 Å². The number of nitro groups is 1. The van der Waals surface area contributed by atoms with E-state index in [1.165, 1.54) is 12.1 Å². The third-order valence-corrected chi connectivity index (χ3v) is 3.72. The van der Waals surface area contributed by atoms with E-state index in [9.17, 15) is 14.9 Å². The van der Waals surface area contributed by atoms with E-state index >= 15 is 0 Å². The van der Waals surface area contributed by atoms with Gasteiger partial charge in [-0.2, -0.15) is 0 Å². The minimum absolute atomic E-state index is 0.0464. The topological polar surface area (TPSA) is 75.5 Å². The van der Waals surface area contributed by atoms with Gasteiger partial charge in [0.1, 0.15) is 6.17 Å². The number of benzene rings is 1. The van der Waals surface area contributed by atoms with Crippen LogP contribution in [-0.2, 0) is 4.79 Å². The van der Waals surface area contributed by atoms with E-state index in [1.807, 2.05) is 13.0 Å². The van der Waals surface area contributed by atoms with Crippen LogP contribution in [0, 0.1) is 16.0 Å². The van der Waals surface area contributed by atoms with Gasteiger partial charge in [0, 0.05) is 18.7 Å². The van der Waals surface area contributed by atoms with Crippen molar-refractivity contribution in [1.82, 2.24) is 10.2 Å². The molecule has 0 spiro atoms. The molecule has 114 valence electrons. The highest BCUT2D eigenvalue weighted by molar-refractivity contribution is 5.84. The second-order valence-corrected chi connectivity index (χ2v) is 5.86. The molecule has 2 rings (SSSR count). The van der Waals surface area contributed by atoms with Gasteiger partial charge in [-0.3, -0.25) is 20.2 Å². The van der Waals surface area contributed by atoms with E-state index in [4.69, 9.17) is 0 Å². The Balaban J connectivity index is 2.25. The van der Waals surface area contributed by atoms with Gasteiger partial charge in [0.25, 0.3) is 5.69 Å². The van der Waals surface area contributed by atoms with Crippen LogP contribution in [0.25, 0.3) is 0 Å². The van der Waals surface area contributed by atoms with Gasteiger partial charge < -0.3 is 4.90 Å². The zero-order valence-corrected chi connectivity index (χ0v) is 12.6. The summed E-state index contributed by atoms with van der Waals surface area (Å²) in [4.78, 5) is 24.5. The van der Waals surface area contributed by atoms with Gasteiger partial charge in [-0.05, 0) is 24.8 Å². The normalized spacial score (nSPS) is 22.1. The first-order chi connectivity index (χ1) is 9.90. The minimum atomic E-state index is -0.415. The predicted octanol–water partition coefficient (Wildman–Crippen LogP) is 2.46. The van der Waals surface area contributed by atoms with Gasteiger partial charge >= 0.3 is 0 Å². The fraction of sp³-hybridized carbons (Fsp3) is 0.533. The maximum atomic E-state index is 12.2. The molecule has 2 atom stereocenters. The van der Waals surface area contributed by atoms with Crippen LogP contribution in [0.1, 0.15) is 38.9 Å². The number of non-ortho nitro benzene ring substituents is 1. The maximum Gasteiger partial charge on any atom is 0.269 e. The molecule has 1 aliphatic rings. The molecule has 0 aromatic heterocycles. The highest BCUT2D eigenvalue weighted by Crippen LogP contribution is 2.28. The van der Waals surface area contributed by atoms with Crippen LogP contribution in [-0.4, -0.2) is 28.3 Å². The lowest BCUT2D eigenvalue weighted by Gasteiger charge is -2.25. The molecule has 1 saturated heterocycles. The second kappa shape index (κ2) is 6.22. The quantitative estimate of drug-likeness (QED) is 0.668. The summed E-state index contributed by atoms with van der Waals surface area (Å²) in [6.45, 7) is 6.70. The van der Waals surface area contributed by atoms with Crippen molar-refractivity contribution >= 4 is 11.6 Å². The van der Waals surface area contributed by atoms with Gasteiger partial charge in [0.15, 0.2) is 0 Å². The first-order valence-corrected chi connectivity index (χ1v) is 7.21. The largest absolute Gasteiger partial charge is 0.322 e. The lowest BCUT2D eigenvalue weighted by atomic mass is 10.1. The first-order valence-electron chi connectivity index (χ1n) is 7.21. The standard InChI is InChI=1S/C15H21N3O3/c1-10(2)7-8-17-14(16-11(3)15(17)19)12-5-4-6-13(9-12)18(20)21/h4-6,9-11,14,16H,7-8H2,1-3H3. The zero-order valence-electron chi connectivity index (χ0n) is 12.6. The summed E-state index contributed by atoms with van der Waals surface area (Å²) in [5.74, 6) is 0.548. The molecule has 0 bridgehead atoms. The summed E-state index contributed by atoms with van der Waals surface area (Å²) in [5.41, 5.74) is 0.802. The van der Waals surface area contributed by atoms with Crippen molar-refractivity contribution in [2.45, 2.75) is 39.4 Å². The molecular formula is C15H21N3O3. The third-order valence-electron chi connectivity index (χ3n) is 3.72. The van der Waals surface area contributed by atoms with Gasteiger partial charge in [0.05, 0.1) is 11.0 Å². The van der Waals surface area contributed by atoms with Crippen LogP contribution in [0.15, 0.2) is 24.3 Å². The highest BCUT2D eigenvalue weighted by Gasteiger charge is 2.37. The van der Waals surface area contributed by atoms with E-state index in [2.05, 4.69) is 19.2 Å². The van der Waals surface area contributed by atoms with Crippen LogP contribution in [0.4, 0.5) is 5.69 Å². The molecular weight excluding hydrogens is 270 g/mol. The molecule has 1 amide bonds. The molecule has 1 fully saturated rings. The summed E-state index contributed by atoms with van der Waals surface area (Å²) in [5, 5.41) is 14.1. The van der Waals surface area contributed by atoms with Crippen molar-refractivity contribution in [2.24, 2.45) is 5.92 Å². The Hall–Kier alpha value is -1.95. The van der Waals surface area contributed by atoms with Crippen LogP contribution in [0.2, 0.25) is 0 Å². The van der Waals surface area contributed by atoms with Crippen molar-refractivity contribution in [3.05, 3.63) is 39.9 Å². The Morgan fingerprint density at radius 1 is 1.43 bits per heavy atom. The molecule has 21 heavy (non-hydrogen) atoms. The van der Waals surface area contributed by atoms with Gasteiger partial charge in [0.2, 0.25) is 5.91 Å². The molecule has 1 aromatic rings. The number of nitrogens with zero attached hydrogens (tertiary/aromatic N) is 2. The molecule has 6 nitrogen and oxygen atoms in total. The average Bonchev–Trinajstić information content (AvgIpc) is 2.72. The number of nitrogens with one attached hydrogen (secondary N) is 1. The number of nitro benzene ring substituents is 1. The zero-order chi connectivity index (χ0) is 15.6. The number of rotatable bonds is 5. The number of carbonyl (C=O) groups excluding carboxylic acids is 1. The van der Waals surface area contributed by atoms with E-state index in [0.29, 0.717) is 12.5 Å². The van der Waals surface area contributed by atoms with Crippen LogP contribution < -0.4 is 5.32 Å². The van der Waals surface area contributed by atoms with E-state index in [-0.39, 0.29) is 23.8 Å². The molecule has 1 N–H and O–H groups in total. The van der Waals surface area contributed by atoms with Crippen molar-refractivity contribution in [1.29, 1.82) is 0 Å². The van der Waals surface area contributed by atoms with Crippen LogP contribution in [0.3, 0.4) is 0 Å². The first kappa shape index (κ1) is 15.4. The molecule has 2 unspecified atom stereocenters. The third kappa shape index (κ3) is 3.39. The molecule has 0 radical (unpaired) electrons. The van der Waals surface area contributed by atoms with Crippen LogP contribution >= 0.6 is 0 Å². The van der Waals surface area contributed by atoms with Gasteiger partial charge in [-0.25, -0.2) is 0 Å². The average molecular weight is 291 g/mol. The second-order valence-electron chi connectivity index (χ2n) is 5.86. The number of amides is 1. The van der Waals surface area contributed by atoms with E-state index in [1.54, 1.807) is 11.0 Å². The summed E-state index contributed by atoms with van der Waals surface area (Å²) < 4.78 is 0. The van der Waals surface area contributed by atoms with Crippen molar-refractivity contribution in [3.8, 4) is 0 Å². The Bertz CT molecular complexity index is 545. The minimum Gasteiger partial charge on any atom is -0.322 e. The van der Waals surface area contributed by atoms with E-state index in [0.717, 1.165) is 12.0 Å². The Kier molecular flexibility index (Phi) is 4.57. The van der Waals surface area contributed by atoms with Crippen LogP contribution in [0.5, 0.6) is 0 Å². The molecule has 0 saturated carbocycles. The smallest absolute Gasteiger partial charge is 0.269 e. The number of hydrogen-bond donors (Lipinski definition) is 1. The van der Waals surface area contributed by atoms with Gasteiger partial charge in [-0.1, -0.05) is 26.0 Å². The monoisotopic (exact) mass is 291 g/mol. The molecule has 1 heterocycles. The Morgan fingerprint density at radius 2 is 2.14 bits per heavy atom. The maximum absolute atomic E-state index is 12.2. The van der Waals surface area contributed by atoms with Crippen molar-refractivity contribution in [3.63, 3.8) is 0 Å². The highest BCUT2D eigenvalue weighted by atomic mass is 16.6. The fourth-order valence-corrected chi connectivity index (χ4v) is 2.50. The lowest BCUT2D eigenvalue weighted by Crippen LogP contribution is -2.32. The predicted molar refractivity (Wildman–Crippen MR) is 79.6 cm³/mol. The lowest BCUT2D eigenvalue weighted by molar-refractivity contribution is -0.385. The summed E-state index contributed by atoms with van der Waals surface area (Å²) >= 11 is 0. The van der Waals surface area contributed by atoms with Gasteiger partial charge in [-0.15, -0.1) is 0 Å². The molecule has 6 heteroatoms. The SMILES string of the molecule is CC(C)CCN1C(=O)C(C)NC1c1cccc([N+](=O)[O-])c1. The Labute approximate surface area is 124 Å². The van der Waals surface area contributed by atoms with Crippen molar-refractivity contribution < 1.29 is 9.72 Å². The van der Waals surface area contributed by atoms with Crippen molar-refractivity contribution in [2.75, 3.05) is 6.54 Å². The molecule has 0 aliphatic carbocycles. The summed E-state index contributed by atoms with van der Waals surface area (Å²) in [7, 11) is 0. The molecule has 1 aromatic carbocycles. The molecule has 1 aliphatic heterocycles. The summed E-state index contributed by atoms with van der Waals surface area (Å²) in [6.07, 6.45) is 0.622. The fourth-order valence-electron chi connectivity index (χ4n) is 2.50.